The Morgan fingerprint density at radius 1 is 1.14 bits per heavy atom. The number of aryl methyl sites for hydroxylation is 1. The van der Waals surface area contributed by atoms with Gasteiger partial charge >= 0.3 is 0 Å². The lowest BCUT2D eigenvalue weighted by atomic mass is 9.91. The first-order chi connectivity index (χ1) is 10.0. The molecular formula is C15H21NO4S. The number of hydrogen-bond acceptors (Lipinski definition) is 4. The van der Waals surface area contributed by atoms with Crippen LogP contribution in [0.4, 0.5) is 0 Å². The van der Waals surface area contributed by atoms with E-state index in [-0.39, 0.29) is 6.04 Å². The highest BCUT2D eigenvalue weighted by atomic mass is 32.2. The summed E-state index contributed by atoms with van der Waals surface area (Å²) in [6.45, 7) is 3.09. The van der Waals surface area contributed by atoms with E-state index < -0.39 is 15.8 Å². The zero-order valence-corrected chi connectivity index (χ0v) is 13.0. The Morgan fingerprint density at radius 3 is 2.38 bits per heavy atom. The monoisotopic (exact) mass is 311 g/mol. The first-order valence-electron chi connectivity index (χ1n) is 7.37. The first kappa shape index (κ1) is 15.0. The molecule has 0 amide bonds. The van der Waals surface area contributed by atoms with E-state index in [9.17, 15) is 8.42 Å². The van der Waals surface area contributed by atoms with Crippen LogP contribution in [0.3, 0.4) is 0 Å². The van der Waals surface area contributed by atoms with Crippen LogP contribution in [-0.4, -0.2) is 33.5 Å². The molecule has 0 aromatic heterocycles. The van der Waals surface area contributed by atoms with Crippen molar-refractivity contribution in [3.8, 4) is 0 Å². The summed E-state index contributed by atoms with van der Waals surface area (Å²) in [5.74, 6) is -0.454. The summed E-state index contributed by atoms with van der Waals surface area (Å²) >= 11 is 0. The average molecular weight is 311 g/mol. The molecule has 0 unspecified atom stereocenters. The molecule has 1 saturated heterocycles. The molecular weight excluding hydrogens is 290 g/mol. The Balaban J connectivity index is 1.66. The number of sulfonamides is 1. The standard InChI is InChI=1S/C15H21NO4S/c1-12-4-2-3-5-14(12)21(17,18)16-13-6-8-15(9-7-13)19-10-11-20-15/h2-5,13,16H,6-11H2,1H3. The Bertz CT molecular complexity index is 598. The molecule has 1 N–H and O–H groups in total. The zero-order chi connectivity index (χ0) is 14.9. The molecule has 1 aliphatic carbocycles. The Morgan fingerprint density at radius 2 is 1.76 bits per heavy atom. The maximum Gasteiger partial charge on any atom is 0.241 e. The number of benzene rings is 1. The minimum Gasteiger partial charge on any atom is -0.348 e. The lowest BCUT2D eigenvalue weighted by molar-refractivity contribution is -0.178. The van der Waals surface area contributed by atoms with Crippen molar-refractivity contribution in [3.63, 3.8) is 0 Å². The van der Waals surface area contributed by atoms with Crippen LogP contribution >= 0.6 is 0 Å². The van der Waals surface area contributed by atoms with Gasteiger partial charge in [0.25, 0.3) is 0 Å². The van der Waals surface area contributed by atoms with Gasteiger partial charge < -0.3 is 9.47 Å². The van der Waals surface area contributed by atoms with Gasteiger partial charge in [0, 0.05) is 18.9 Å². The first-order valence-corrected chi connectivity index (χ1v) is 8.85. The molecule has 116 valence electrons. The van der Waals surface area contributed by atoms with E-state index >= 15 is 0 Å². The normalized spacial score (nSPS) is 22.7. The quantitative estimate of drug-likeness (QED) is 0.927. The van der Waals surface area contributed by atoms with E-state index in [0.29, 0.717) is 18.1 Å². The fraction of sp³-hybridized carbons (Fsp3) is 0.600. The van der Waals surface area contributed by atoms with Crippen molar-refractivity contribution >= 4 is 10.0 Å². The number of hydrogen-bond donors (Lipinski definition) is 1. The van der Waals surface area contributed by atoms with Crippen LogP contribution < -0.4 is 4.72 Å². The van der Waals surface area contributed by atoms with Gasteiger partial charge in [0.2, 0.25) is 10.0 Å². The minimum absolute atomic E-state index is 0.0481. The summed E-state index contributed by atoms with van der Waals surface area (Å²) in [6, 6.07) is 6.99. The van der Waals surface area contributed by atoms with Gasteiger partial charge in [-0.15, -0.1) is 0 Å². The molecule has 0 radical (unpaired) electrons. The van der Waals surface area contributed by atoms with Crippen molar-refractivity contribution in [2.24, 2.45) is 0 Å². The minimum atomic E-state index is -3.46. The second-order valence-corrected chi connectivity index (χ2v) is 7.45. The molecule has 1 saturated carbocycles. The highest BCUT2D eigenvalue weighted by Crippen LogP contribution is 2.36. The Kier molecular flexibility index (Phi) is 4.05. The fourth-order valence-corrected chi connectivity index (χ4v) is 4.65. The summed E-state index contributed by atoms with van der Waals surface area (Å²) in [5, 5.41) is 0. The zero-order valence-electron chi connectivity index (χ0n) is 12.2. The number of rotatable bonds is 3. The van der Waals surface area contributed by atoms with E-state index in [2.05, 4.69) is 4.72 Å². The van der Waals surface area contributed by atoms with Crippen LogP contribution in [0.1, 0.15) is 31.2 Å². The van der Waals surface area contributed by atoms with Crippen LogP contribution in [0.2, 0.25) is 0 Å². The molecule has 21 heavy (non-hydrogen) atoms. The van der Waals surface area contributed by atoms with Crippen molar-refractivity contribution < 1.29 is 17.9 Å². The van der Waals surface area contributed by atoms with Crippen LogP contribution in [0.5, 0.6) is 0 Å². The van der Waals surface area contributed by atoms with Gasteiger partial charge in [-0.2, -0.15) is 0 Å². The van der Waals surface area contributed by atoms with Gasteiger partial charge in [0.1, 0.15) is 0 Å². The van der Waals surface area contributed by atoms with E-state index in [0.717, 1.165) is 31.2 Å². The largest absolute Gasteiger partial charge is 0.348 e. The third-order valence-electron chi connectivity index (χ3n) is 4.27. The van der Waals surface area contributed by atoms with E-state index in [1.807, 2.05) is 19.1 Å². The average Bonchev–Trinajstić information content (AvgIpc) is 2.90. The van der Waals surface area contributed by atoms with Crippen molar-refractivity contribution in [3.05, 3.63) is 29.8 Å². The molecule has 1 spiro atoms. The third-order valence-corrected chi connectivity index (χ3v) is 5.95. The summed E-state index contributed by atoms with van der Waals surface area (Å²) in [6.07, 6.45) is 2.97. The van der Waals surface area contributed by atoms with Crippen molar-refractivity contribution in [2.45, 2.75) is 49.3 Å². The highest BCUT2D eigenvalue weighted by Gasteiger charge is 2.41. The van der Waals surface area contributed by atoms with Crippen molar-refractivity contribution in [2.75, 3.05) is 13.2 Å². The predicted octanol–water partition coefficient (Wildman–Crippen LogP) is 1.96. The molecule has 5 nitrogen and oxygen atoms in total. The third kappa shape index (κ3) is 3.13. The molecule has 3 rings (SSSR count). The van der Waals surface area contributed by atoms with Gasteiger partial charge in [-0.05, 0) is 31.4 Å². The lowest BCUT2D eigenvalue weighted by Gasteiger charge is -2.35. The molecule has 2 aliphatic rings. The second-order valence-electron chi connectivity index (χ2n) is 5.77. The molecule has 1 aliphatic heterocycles. The summed E-state index contributed by atoms with van der Waals surface area (Å²) in [7, 11) is -3.46. The number of ether oxygens (including phenoxy) is 2. The molecule has 1 aromatic carbocycles. The van der Waals surface area contributed by atoms with Crippen molar-refractivity contribution in [1.29, 1.82) is 0 Å². The second kappa shape index (κ2) is 5.68. The van der Waals surface area contributed by atoms with Crippen LogP contribution in [0.25, 0.3) is 0 Å². The molecule has 0 atom stereocenters. The topological polar surface area (TPSA) is 64.6 Å². The van der Waals surface area contributed by atoms with E-state index in [1.165, 1.54) is 0 Å². The van der Waals surface area contributed by atoms with Gasteiger partial charge in [0.05, 0.1) is 18.1 Å². The Labute approximate surface area is 125 Å². The predicted molar refractivity (Wildman–Crippen MR) is 78.4 cm³/mol. The summed E-state index contributed by atoms with van der Waals surface area (Å²) < 4.78 is 39.1. The fourth-order valence-electron chi connectivity index (χ4n) is 3.10. The van der Waals surface area contributed by atoms with Crippen LogP contribution in [0, 0.1) is 6.92 Å². The highest BCUT2D eigenvalue weighted by molar-refractivity contribution is 7.89. The lowest BCUT2D eigenvalue weighted by Crippen LogP contribution is -2.44. The van der Waals surface area contributed by atoms with Gasteiger partial charge in [-0.1, -0.05) is 18.2 Å². The maximum absolute atomic E-state index is 12.5. The molecule has 1 aromatic rings. The SMILES string of the molecule is Cc1ccccc1S(=O)(=O)NC1CCC2(CC1)OCCO2. The smallest absolute Gasteiger partial charge is 0.241 e. The van der Waals surface area contributed by atoms with Crippen LogP contribution in [0.15, 0.2) is 29.2 Å². The van der Waals surface area contributed by atoms with Crippen LogP contribution in [-0.2, 0) is 19.5 Å². The van der Waals surface area contributed by atoms with E-state index in [1.54, 1.807) is 12.1 Å². The molecule has 1 heterocycles. The van der Waals surface area contributed by atoms with Gasteiger partial charge in [-0.3, -0.25) is 0 Å². The Hall–Kier alpha value is -0.950. The molecule has 6 heteroatoms. The van der Waals surface area contributed by atoms with Crippen molar-refractivity contribution in [1.82, 2.24) is 4.72 Å². The summed E-state index contributed by atoms with van der Waals surface area (Å²) in [5.41, 5.74) is 0.764. The van der Waals surface area contributed by atoms with Gasteiger partial charge in [0.15, 0.2) is 5.79 Å². The molecule has 0 bridgehead atoms. The summed E-state index contributed by atoms with van der Waals surface area (Å²) in [4.78, 5) is 0.360. The number of nitrogens with one attached hydrogen (secondary N) is 1. The molecule has 2 fully saturated rings. The maximum atomic E-state index is 12.5. The van der Waals surface area contributed by atoms with Gasteiger partial charge in [-0.25, -0.2) is 13.1 Å². The van der Waals surface area contributed by atoms with E-state index in [4.69, 9.17) is 9.47 Å².